The molecule has 1 aromatic heterocycles. The van der Waals surface area contributed by atoms with Crippen molar-refractivity contribution >= 4 is 23.8 Å². The van der Waals surface area contributed by atoms with Gasteiger partial charge in [0.05, 0.1) is 18.2 Å². The molecule has 0 radical (unpaired) electrons. The van der Waals surface area contributed by atoms with Crippen molar-refractivity contribution in [2.75, 3.05) is 32.7 Å². The van der Waals surface area contributed by atoms with E-state index >= 15 is 0 Å². The number of nitrogens with zero attached hydrogens (tertiary/aromatic N) is 5. The van der Waals surface area contributed by atoms with Crippen molar-refractivity contribution in [1.29, 1.82) is 0 Å². The van der Waals surface area contributed by atoms with Crippen molar-refractivity contribution in [3.63, 3.8) is 0 Å². The third kappa shape index (κ3) is 3.55. The van der Waals surface area contributed by atoms with Gasteiger partial charge in [0.2, 0.25) is 0 Å². The van der Waals surface area contributed by atoms with Crippen LogP contribution in [0.1, 0.15) is 0 Å². The van der Waals surface area contributed by atoms with Crippen molar-refractivity contribution in [3.05, 3.63) is 34.1 Å². The zero-order valence-electron chi connectivity index (χ0n) is 13.7. The summed E-state index contributed by atoms with van der Waals surface area (Å²) in [5, 5.41) is 5.37. The van der Waals surface area contributed by atoms with Gasteiger partial charge in [0.15, 0.2) is 10.6 Å². The lowest BCUT2D eigenvalue weighted by atomic mass is 10.2. The number of terminal acetylenes is 1. The fraction of sp³-hybridized carbons (Fsp3) is 0.412. The Morgan fingerprint density at radius 1 is 1.21 bits per heavy atom. The molecule has 0 bridgehead atoms. The number of hydrogen-bond donors (Lipinski definition) is 0. The number of rotatable bonds is 4. The number of hydrogen-bond acceptors (Lipinski definition) is 4. The smallest absolute Gasteiger partial charge is 0.199 e. The third-order valence-electron chi connectivity index (χ3n) is 4.27. The maximum absolute atomic E-state index is 6.30. The molecule has 1 aromatic carbocycles. The molecule has 0 saturated carbocycles. The van der Waals surface area contributed by atoms with E-state index in [1.165, 1.54) is 0 Å². The quantitative estimate of drug-likeness (QED) is 0.618. The number of halogens is 1. The number of piperazine rings is 1. The normalized spacial score (nSPS) is 16.2. The maximum Gasteiger partial charge on any atom is 0.199 e. The minimum Gasteiger partial charge on any atom is -0.303 e. The van der Waals surface area contributed by atoms with Crippen molar-refractivity contribution in [2.24, 2.45) is 7.05 Å². The first-order chi connectivity index (χ1) is 11.6. The van der Waals surface area contributed by atoms with E-state index in [2.05, 4.69) is 15.7 Å². The summed E-state index contributed by atoms with van der Waals surface area (Å²) in [5.74, 6) is 3.49. The van der Waals surface area contributed by atoms with E-state index < -0.39 is 0 Å². The lowest BCUT2D eigenvalue weighted by Gasteiger charge is -2.33. The average molecular weight is 362 g/mol. The molecule has 0 amide bonds. The van der Waals surface area contributed by atoms with Gasteiger partial charge in [-0.2, -0.15) is 5.10 Å². The van der Waals surface area contributed by atoms with Gasteiger partial charge in [-0.15, -0.1) is 6.42 Å². The van der Waals surface area contributed by atoms with E-state index in [4.69, 9.17) is 35.3 Å². The summed E-state index contributed by atoms with van der Waals surface area (Å²) >= 11 is 11.8. The molecule has 2 aromatic rings. The summed E-state index contributed by atoms with van der Waals surface area (Å²) in [5.41, 5.74) is 0.894. The van der Waals surface area contributed by atoms with Crippen LogP contribution >= 0.6 is 23.8 Å². The van der Waals surface area contributed by atoms with Gasteiger partial charge >= 0.3 is 0 Å². The zero-order valence-corrected chi connectivity index (χ0v) is 15.2. The molecule has 0 aliphatic carbocycles. The molecule has 1 aliphatic heterocycles. The average Bonchev–Trinajstić information content (AvgIpc) is 2.86. The van der Waals surface area contributed by atoms with Crippen molar-refractivity contribution in [3.8, 4) is 23.7 Å². The summed E-state index contributed by atoms with van der Waals surface area (Å²) in [4.78, 5) is 4.62. The molecular formula is C17H20ClN5S. The minimum atomic E-state index is 0.677. The predicted octanol–water partition coefficient (Wildman–Crippen LogP) is 2.48. The van der Waals surface area contributed by atoms with Crippen LogP contribution in [0.2, 0.25) is 5.02 Å². The van der Waals surface area contributed by atoms with Gasteiger partial charge in [-0.1, -0.05) is 29.7 Å². The Hall–Kier alpha value is -1.65. The van der Waals surface area contributed by atoms with Crippen LogP contribution < -0.4 is 0 Å². The van der Waals surface area contributed by atoms with E-state index in [1.807, 2.05) is 40.6 Å². The molecule has 24 heavy (non-hydrogen) atoms. The third-order valence-corrected chi connectivity index (χ3v) is 5.08. The van der Waals surface area contributed by atoms with Gasteiger partial charge in [0, 0.05) is 38.8 Å². The van der Waals surface area contributed by atoms with Crippen LogP contribution in [-0.2, 0) is 13.7 Å². The van der Waals surface area contributed by atoms with Gasteiger partial charge in [-0.25, -0.2) is 4.68 Å². The van der Waals surface area contributed by atoms with Crippen LogP contribution in [0.3, 0.4) is 0 Å². The highest BCUT2D eigenvalue weighted by Gasteiger charge is 2.18. The molecule has 1 saturated heterocycles. The lowest BCUT2D eigenvalue weighted by molar-refractivity contribution is 0.111. The molecule has 2 heterocycles. The molecule has 5 nitrogen and oxygen atoms in total. The highest BCUT2D eigenvalue weighted by molar-refractivity contribution is 7.71. The number of benzene rings is 1. The fourth-order valence-corrected chi connectivity index (χ4v) is 3.27. The summed E-state index contributed by atoms with van der Waals surface area (Å²) in [6, 6.07) is 7.69. The minimum absolute atomic E-state index is 0.677. The highest BCUT2D eigenvalue weighted by atomic mass is 35.5. The van der Waals surface area contributed by atoms with Gasteiger partial charge in [-0.05, 0) is 24.4 Å². The van der Waals surface area contributed by atoms with Crippen LogP contribution in [0.5, 0.6) is 0 Å². The predicted molar refractivity (Wildman–Crippen MR) is 99.3 cm³/mol. The number of aromatic nitrogens is 3. The summed E-state index contributed by atoms with van der Waals surface area (Å²) in [6.45, 7) is 5.26. The highest BCUT2D eigenvalue weighted by Crippen LogP contribution is 2.26. The molecule has 0 spiro atoms. The van der Waals surface area contributed by atoms with E-state index in [9.17, 15) is 0 Å². The second-order valence-corrected chi connectivity index (χ2v) is 6.66. The van der Waals surface area contributed by atoms with Crippen molar-refractivity contribution in [1.82, 2.24) is 24.1 Å². The Balaban J connectivity index is 1.77. The van der Waals surface area contributed by atoms with Crippen molar-refractivity contribution in [2.45, 2.75) is 6.67 Å². The first-order valence-corrected chi connectivity index (χ1v) is 8.65. The fourth-order valence-electron chi connectivity index (χ4n) is 2.86. The molecule has 0 atom stereocenters. The molecule has 7 heteroatoms. The molecule has 0 N–H and O–H groups in total. The van der Waals surface area contributed by atoms with Crippen LogP contribution in [0.25, 0.3) is 11.4 Å². The maximum atomic E-state index is 6.30. The second kappa shape index (κ2) is 7.49. The summed E-state index contributed by atoms with van der Waals surface area (Å²) in [6.07, 6.45) is 5.38. The van der Waals surface area contributed by atoms with E-state index in [-0.39, 0.29) is 0 Å². The topological polar surface area (TPSA) is 29.2 Å². The largest absolute Gasteiger partial charge is 0.303 e. The van der Waals surface area contributed by atoms with E-state index in [0.717, 1.165) is 37.6 Å². The van der Waals surface area contributed by atoms with Crippen LogP contribution in [-0.4, -0.2) is 56.9 Å². The van der Waals surface area contributed by atoms with E-state index in [0.29, 0.717) is 23.0 Å². The van der Waals surface area contributed by atoms with Gasteiger partial charge in [-0.3, -0.25) is 9.80 Å². The van der Waals surface area contributed by atoms with Gasteiger partial charge < -0.3 is 4.57 Å². The van der Waals surface area contributed by atoms with Crippen LogP contribution in [0, 0.1) is 17.1 Å². The lowest BCUT2D eigenvalue weighted by Crippen LogP contribution is -2.46. The zero-order chi connectivity index (χ0) is 17.1. The standard InChI is InChI=1S/C17H20ClN5S/c1-3-8-21-9-11-22(12-10-21)13-23-17(24)20(2)16(19-23)14-6-4-5-7-15(14)18/h1,4-7H,8-13H2,2H3. The molecule has 1 fully saturated rings. The molecule has 1 aliphatic rings. The van der Waals surface area contributed by atoms with Gasteiger partial charge in [0.25, 0.3) is 0 Å². The molecule has 126 valence electrons. The van der Waals surface area contributed by atoms with Crippen molar-refractivity contribution < 1.29 is 0 Å². The summed E-state index contributed by atoms with van der Waals surface area (Å²) < 4.78 is 4.46. The summed E-state index contributed by atoms with van der Waals surface area (Å²) in [7, 11) is 1.93. The van der Waals surface area contributed by atoms with Crippen LogP contribution in [0.4, 0.5) is 0 Å². The molecular weight excluding hydrogens is 342 g/mol. The Labute approximate surface area is 152 Å². The van der Waals surface area contributed by atoms with Gasteiger partial charge in [0.1, 0.15) is 0 Å². The molecule has 0 unspecified atom stereocenters. The van der Waals surface area contributed by atoms with E-state index in [1.54, 1.807) is 0 Å². The first kappa shape index (κ1) is 17.2. The molecule has 3 rings (SSSR count). The SMILES string of the molecule is C#CCN1CCN(Cn2nc(-c3ccccc3Cl)n(C)c2=S)CC1. The Morgan fingerprint density at radius 3 is 2.54 bits per heavy atom. The first-order valence-electron chi connectivity index (χ1n) is 7.87. The Morgan fingerprint density at radius 2 is 1.88 bits per heavy atom. The Bertz CT molecular complexity index is 811. The second-order valence-electron chi connectivity index (χ2n) is 5.88. The monoisotopic (exact) mass is 361 g/mol. The van der Waals surface area contributed by atoms with Crippen LogP contribution in [0.15, 0.2) is 24.3 Å². The Kier molecular flexibility index (Phi) is 5.36.